The van der Waals surface area contributed by atoms with Crippen molar-refractivity contribution in [3.8, 4) is 11.5 Å². The number of nitrogens with zero attached hydrogens (tertiary/aromatic N) is 1. The molecule has 0 aliphatic carbocycles. The summed E-state index contributed by atoms with van der Waals surface area (Å²) in [7, 11) is 0. The fourth-order valence-electron chi connectivity index (χ4n) is 1.78. The van der Waals surface area contributed by atoms with Crippen molar-refractivity contribution < 1.29 is 8.81 Å². The molecule has 0 aliphatic heterocycles. The van der Waals surface area contributed by atoms with Gasteiger partial charge in [0.2, 0.25) is 5.89 Å². The highest BCUT2D eigenvalue weighted by Gasteiger charge is 2.11. The molecule has 0 fully saturated rings. The Morgan fingerprint density at radius 1 is 1.16 bits per heavy atom. The van der Waals surface area contributed by atoms with Crippen LogP contribution in [-0.4, -0.2) is 4.98 Å². The number of benzene rings is 2. The first-order chi connectivity index (χ1) is 9.17. The fourth-order valence-corrected chi connectivity index (χ4v) is 2.12. The highest BCUT2D eigenvalue weighted by molar-refractivity contribution is 6.31. The normalized spacial score (nSPS) is 11.1. The Kier molecular flexibility index (Phi) is 3.17. The Labute approximate surface area is 118 Å². The molecular formula is C14H8Cl2FNO. The predicted octanol–water partition coefficient (Wildman–Crippen LogP) is 5.03. The van der Waals surface area contributed by atoms with E-state index < -0.39 is 5.82 Å². The summed E-state index contributed by atoms with van der Waals surface area (Å²) >= 11 is 11.4. The van der Waals surface area contributed by atoms with Crippen LogP contribution in [0.25, 0.3) is 22.6 Å². The summed E-state index contributed by atoms with van der Waals surface area (Å²) in [6, 6.07) is 10.2. The number of alkyl halides is 1. The maximum atomic E-state index is 13.3. The van der Waals surface area contributed by atoms with Crippen molar-refractivity contribution in [2.75, 3.05) is 0 Å². The van der Waals surface area contributed by atoms with E-state index in [4.69, 9.17) is 27.6 Å². The molecule has 0 bridgehead atoms. The molecule has 0 N–H and O–H groups in total. The van der Waals surface area contributed by atoms with Crippen LogP contribution in [0.5, 0.6) is 0 Å². The molecule has 3 rings (SSSR count). The number of aromatic nitrogens is 1. The van der Waals surface area contributed by atoms with E-state index in [0.717, 1.165) is 11.1 Å². The van der Waals surface area contributed by atoms with Gasteiger partial charge in [-0.3, -0.25) is 0 Å². The van der Waals surface area contributed by atoms with Crippen LogP contribution in [0.15, 0.2) is 40.8 Å². The van der Waals surface area contributed by atoms with Gasteiger partial charge in [-0.25, -0.2) is 9.37 Å². The van der Waals surface area contributed by atoms with Gasteiger partial charge < -0.3 is 4.42 Å². The van der Waals surface area contributed by atoms with Gasteiger partial charge >= 0.3 is 0 Å². The molecule has 5 heteroatoms. The summed E-state index contributed by atoms with van der Waals surface area (Å²) in [6.45, 7) is 0. The van der Waals surface area contributed by atoms with Crippen molar-refractivity contribution in [2.45, 2.75) is 5.88 Å². The predicted molar refractivity (Wildman–Crippen MR) is 74.0 cm³/mol. The molecule has 0 aliphatic rings. The van der Waals surface area contributed by atoms with Crippen molar-refractivity contribution in [1.29, 1.82) is 0 Å². The summed E-state index contributed by atoms with van der Waals surface area (Å²) in [5.74, 6) is 0.362. The number of rotatable bonds is 2. The van der Waals surface area contributed by atoms with E-state index in [-0.39, 0.29) is 5.02 Å². The topological polar surface area (TPSA) is 26.0 Å². The Morgan fingerprint density at radius 2 is 1.89 bits per heavy atom. The fraction of sp³-hybridized carbons (Fsp3) is 0.0714. The minimum atomic E-state index is -0.519. The maximum Gasteiger partial charge on any atom is 0.227 e. The lowest BCUT2D eigenvalue weighted by Crippen LogP contribution is -1.80. The first-order valence-corrected chi connectivity index (χ1v) is 6.49. The van der Waals surface area contributed by atoms with E-state index in [1.165, 1.54) is 12.1 Å². The summed E-state index contributed by atoms with van der Waals surface area (Å²) in [4.78, 5) is 4.29. The van der Waals surface area contributed by atoms with Gasteiger partial charge in [0.05, 0.1) is 5.02 Å². The van der Waals surface area contributed by atoms with E-state index in [0.29, 0.717) is 22.9 Å². The lowest BCUT2D eigenvalue weighted by Gasteiger charge is -1.97. The molecular weight excluding hydrogens is 288 g/mol. The molecule has 0 unspecified atom stereocenters. The van der Waals surface area contributed by atoms with Crippen molar-refractivity contribution in [3.63, 3.8) is 0 Å². The Morgan fingerprint density at radius 3 is 2.58 bits per heavy atom. The highest BCUT2D eigenvalue weighted by atomic mass is 35.5. The lowest BCUT2D eigenvalue weighted by atomic mass is 10.1. The van der Waals surface area contributed by atoms with E-state index in [1.54, 1.807) is 0 Å². The second-order valence-electron chi connectivity index (χ2n) is 4.08. The van der Waals surface area contributed by atoms with Gasteiger partial charge in [-0.15, -0.1) is 11.6 Å². The smallest absolute Gasteiger partial charge is 0.227 e. The largest absolute Gasteiger partial charge is 0.436 e. The van der Waals surface area contributed by atoms with Crippen molar-refractivity contribution in [2.24, 2.45) is 0 Å². The SMILES string of the molecule is Fc1cc2oc(-c3ccc(CCl)cc3)nc2cc1Cl. The summed E-state index contributed by atoms with van der Waals surface area (Å²) in [5, 5.41) is 0.0323. The molecule has 2 aromatic carbocycles. The molecule has 1 heterocycles. The van der Waals surface area contributed by atoms with Gasteiger partial charge in [0, 0.05) is 17.5 Å². The molecule has 2 nitrogen and oxygen atoms in total. The third kappa shape index (κ3) is 2.31. The summed E-state index contributed by atoms with van der Waals surface area (Å²) in [6.07, 6.45) is 0. The van der Waals surface area contributed by atoms with Gasteiger partial charge in [0.25, 0.3) is 0 Å². The first-order valence-electron chi connectivity index (χ1n) is 5.58. The molecule has 0 amide bonds. The highest BCUT2D eigenvalue weighted by Crippen LogP contribution is 2.28. The molecule has 0 saturated carbocycles. The molecule has 1 aromatic heterocycles. The van der Waals surface area contributed by atoms with Crippen LogP contribution in [0.4, 0.5) is 4.39 Å². The van der Waals surface area contributed by atoms with Gasteiger partial charge in [-0.1, -0.05) is 23.7 Å². The number of hydrogen-bond donors (Lipinski definition) is 0. The second-order valence-corrected chi connectivity index (χ2v) is 4.76. The van der Waals surface area contributed by atoms with Crippen LogP contribution >= 0.6 is 23.2 Å². The number of halogens is 3. The monoisotopic (exact) mass is 295 g/mol. The number of oxazole rings is 1. The molecule has 0 spiro atoms. The standard InChI is InChI=1S/C14H8Cl2FNO/c15-7-8-1-3-9(4-2-8)14-18-12-5-10(16)11(17)6-13(12)19-14/h1-6H,7H2. The summed E-state index contributed by atoms with van der Waals surface area (Å²) in [5.41, 5.74) is 2.72. The second kappa shape index (κ2) is 4.83. The maximum absolute atomic E-state index is 13.3. The zero-order chi connectivity index (χ0) is 13.4. The van der Waals surface area contributed by atoms with Gasteiger partial charge in [-0.2, -0.15) is 0 Å². The van der Waals surface area contributed by atoms with Gasteiger partial charge in [-0.05, 0) is 23.8 Å². The average molecular weight is 296 g/mol. The van der Waals surface area contributed by atoms with Crippen molar-refractivity contribution in [3.05, 3.63) is 52.8 Å². The van der Waals surface area contributed by atoms with Crippen LogP contribution in [0.2, 0.25) is 5.02 Å². The third-order valence-electron chi connectivity index (χ3n) is 2.79. The van der Waals surface area contributed by atoms with Crippen molar-refractivity contribution >= 4 is 34.3 Å². The van der Waals surface area contributed by atoms with Gasteiger partial charge in [0.15, 0.2) is 5.58 Å². The quantitative estimate of drug-likeness (QED) is 0.620. The number of fused-ring (bicyclic) bond motifs is 1. The van der Waals surface area contributed by atoms with Crippen LogP contribution in [0.1, 0.15) is 5.56 Å². The van der Waals surface area contributed by atoms with Crippen LogP contribution in [0.3, 0.4) is 0 Å². The zero-order valence-electron chi connectivity index (χ0n) is 9.66. The Hall–Kier alpha value is -1.58. The average Bonchev–Trinajstić information content (AvgIpc) is 2.82. The molecule has 3 aromatic rings. The van der Waals surface area contributed by atoms with E-state index in [2.05, 4.69) is 4.98 Å². The molecule has 0 atom stereocenters. The Balaban J connectivity index is 2.09. The van der Waals surface area contributed by atoms with E-state index in [9.17, 15) is 4.39 Å². The van der Waals surface area contributed by atoms with Crippen LogP contribution in [-0.2, 0) is 5.88 Å². The minimum Gasteiger partial charge on any atom is -0.436 e. The number of hydrogen-bond acceptors (Lipinski definition) is 2. The lowest BCUT2D eigenvalue weighted by molar-refractivity contribution is 0.602. The summed E-state index contributed by atoms with van der Waals surface area (Å²) < 4.78 is 18.8. The molecule has 96 valence electrons. The minimum absolute atomic E-state index is 0.0323. The zero-order valence-corrected chi connectivity index (χ0v) is 11.2. The molecule has 0 saturated heterocycles. The van der Waals surface area contributed by atoms with E-state index in [1.807, 2.05) is 24.3 Å². The van der Waals surface area contributed by atoms with Crippen molar-refractivity contribution in [1.82, 2.24) is 4.98 Å². The van der Waals surface area contributed by atoms with E-state index >= 15 is 0 Å². The van der Waals surface area contributed by atoms with Gasteiger partial charge in [0.1, 0.15) is 11.3 Å². The molecule has 0 radical (unpaired) electrons. The Bertz CT molecular complexity index is 698. The third-order valence-corrected chi connectivity index (χ3v) is 3.38. The first kappa shape index (κ1) is 12.5. The van der Waals surface area contributed by atoms with Crippen LogP contribution in [0, 0.1) is 5.82 Å². The molecule has 19 heavy (non-hydrogen) atoms. The van der Waals surface area contributed by atoms with Crippen LogP contribution < -0.4 is 0 Å².